The summed E-state index contributed by atoms with van der Waals surface area (Å²) >= 11 is 0. The van der Waals surface area contributed by atoms with Crippen molar-refractivity contribution in [2.24, 2.45) is 0 Å². The van der Waals surface area contributed by atoms with Crippen LogP contribution in [0, 0.1) is 11.3 Å². The highest BCUT2D eigenvalue weighted by Crippen LogP contribution is 2.33. The summed E-state index contributed by atoms with van der Waals surface area (Å²) in [6.45, 7) is 0.419. The molecule has 1 aromatic rings. The van der Waals surface area contributed by atoms with Crippen LogP contribution in [-0.4, -0.2) is 18.5 Å². The highest BCUT2D eigenvalue weighted by atomic mass is 19.4. The van der Waals surface area contributed by atoms with E-state index in [0.717, 1.165) is 18.9 Å². The van der Waals surface area contributed by atoms with E-state index in [1.165, 1.54) is 12.1 Å². The zero-order chi connectivity index (χ0) is 15.5. The molecule has 0 spiro atoms. The molecule has 7 heteroatoms. The largest absolute Gasteiger partial charge is 0.417 e. The van der Waals surface area contributed by atoms with E-state index in [-0.39, 0.29) is 11.9 Å². The molecule has 0 aromatic heterocycles. The van der Waals surface area contributed by atoms with E-state index in [1.807, 2.05) is 0 Å². The molecule has 2 N–H and O–H groups in total. The Labute approximate surface area is 119 Å². The van der Waals surface area contributed by atoms with Gasteiger partial charge in [-0.25, -0.2) is 0 Å². The van der Waals surface area contributed by atoms with E-state index in [0.29, 0.717) is 18.7 Å². The minimum absolute atomic E-state index is 0.0156. The fourth-order valence-corrected chi connectivity index (χ4v) is 2.27. The van der Waals surface area contributed by atoms with Gasteiger partial charge in [-0.1, -0.05) is 0 Å². The van der Waals surface area contributed by atoms with Crippen molar-refractivity contribution in [2.45, 2.75) is 31.5 Å². The fraction of sp³-hybridized carbons (Fsp3) is 0.429. The second kappa shape index (κ2) is 6.04. The second-order valence-electron chi connectivity index (χ2n) is 4.91. The summed E-state index contributed by atoms with van der Waals surface area (Å²) in [4.78, 5) is 11.2. The van der Waals surface area contributed by atoms with Gasteiger partial charge >= 0.3 is 6.18 Å². The zero-order valence-electron chi connectivity index (χ0n) is 11.1. The summed E-state index contributed by atoms with van der Waals surface area (Å²) in [6, 6.07) is 4.86. The lowest BCUT2D eigenvalue weighted by atomic mass is 10.0. The first-order valence-electron chi connectivity index (χ1n) is 6.54. The number of carbonyl (C=O) groups is 1. The van der Waals surface area contributed by atoms with Gasteiger partial charge in [-0.3, -0.25) is 4.79 Å². The molecule has 2 rings (SSSR count). The predicted octanol–water partition coefficient (Wildman–Crippen LogP) is 2.66. The third-order valence-electron chi connectivity index (χ3n) is 3.32. The van der Waals surface area contributed by atoms with Gasteiger partial charge < -0.3 is 10.6 Å². The van der Waals surface area contributed by atoms with E-state index in [2.05, 4.69) is 10.6 Å². The quantitative estimate of drug-likeness (QED) is 0.901. The van der Waals surface area contributed by atoms with Crippen molar-refractivity contribution in [3.63, 3.8) is 0 Å². The molecule has 112 valence electrons. The third kappa shape index (κ3) is 3.88. The Morgan fingerprint density at radius 1 is 1.43 bits per heavy atom. The summed E-state index contributed by atoms with van der Waals surface area (Å²) < 4.78 is 38.0. The van der Waals surface area contributed by atoms with E-state index in [1.54, 1.807) is 6.07 Å². The maximum absolute atomic E-state index is 12.7. The van der Waals surface area contributed by atoms with Crippen LogP contribution < -0.4 is 10.6 Å². The van der Waals surface area contributed by atoms with Gasteiger partial charge in [-0.15, -0.1) is 0 Å². The van der Waals surface area contributed by atoms with E-state index < -0.39 is 17.3 Å². The van der Waals surface area contributed by atoms with Crippen molar-refractivity contribution < 1.29 is 18.0 Å². The molecule has 0 radical (unpaired) electrons. The van der Waals surface area contributed by atoms with Gasteiger partial charge in [-0.05, 0) is 31.0 Å². The molecule has 1 aromatic carbocycles. The highest BCUT2D eigenvalue weighted by Gasteiger charge is 2.33. The second-order valence-corrected chi connectivity index (χ2v) is 4.91. The molecular weight excluding hydrogens is 283 g/mol. The number of nitrogens with one attached hydrogen (secondary N) is 2. The van der Waals surface area contributed by atoms with Crippen LogP contribution in [0.25, 0.3) is 0 Å². The summed E-state index contributed by atoms with van der Waals surface area (Å²) in [5.74, 6) is -0.0156. The Bertz CT molecular complexity index is 578. The lowest BCUT2D eigenvalue weighted by Gasteiger charge is -2.24. The van der Waals surface area contributed by atoms with Crippen molar-refractivity contribution >= 4 is 11.6 Å². The Kier molecular flexibility index (Phi) is 4.36. The number of halogens is 3. The molecule has 4 nitrogen and oxygen atoms in total. The smallest absolute Gasteiger partial charge is 0.383 e. The number of nitriles is 1. The minimum atomic E-state index is -4.54. The molecule has 0 saturated carbocycles. The van der Waals surface area contributed by atoms with Gasteiger partial charge in [0.1, 0.15) is 0 Å². The lowest BCUT2D eigenvalue weighted by molar-refractivity contribution is -0.137. The Morgan fingerprint density at radius 2 is 2.19 bits per heavy atom. The third-order valence-corrected chi connectivity index (χ3v) is 3.32. The average molecular weight is 297 g/mol. The van der Waals surface area contributed by atoms with E-state index >= 15 is 0 Å². The number of benzene rings is 1. The van der Waals surface area contributed by atoms with Crippen LogP contribution in [0.3, 0.4) is 0 Å². The molecule has 1 atom stereocenters. The number of alkyl halides is 3. The molecule has 1 saturated heterocycles. The normalized spacial score (nSPS) is 18.8. The number of piperidine rings is 1. The molecule has 21 heavy (non-hydrogen) atoms. The molecule has 1 amide bonds. The van der Waals surface area contributed by atoms with Crippen LogP contribution in [0.2, 0.25) is 0 Å². The van der Waals surface area contributed by atoms with Crippen LogP contribution in [0.1, 0.15) is 30.4 Å². The molecular formula is C14H14F3N3O. The van der Waals surface area contributed by atoms with Crippen molar-refractivity contribution in [3.05, 3.63) is 29.3 Å². The first-order valence-corrected chi connectivity index (χ1v) is 6.54. The number of hydrogen-bond acceptors (Lipinski definition) is 3. The minimum Gasteiger partial charge on any atom is -0.383 e. The van der Waals surface area contributed by atoms with Crippen molar-refractivity contribution in [3.8, 4) is 6.07 Å². The SMILES string of the molecule is N#Cc1cc(NC[C@H]2CCCC(=O)N2)ccc1C(F)(F)F. The number of rotatable bonds is 3. The first kappa shape index (κ1) is 15.2. The maximum atomic E-state index is 12.7. The van der Waals surface area contributed by atoms with Crippen molar-refractivity contribution in [2.75, 3.05) is 11.9 Å². The monoisotopic (exact) mass is 297 g/mol. The van der Waals surface area contributed by atoms with Gasteiger partial charge in [0.05, 0.1) is 17.2 Å². The van der Waals surface area contributed by atoms with Crippen molar-refractivity contribution in [1.82, 2.24) is 5.32 Å². The summed E-state index contributed by atoms with van der Waals surface area (Å²) in [5.41, 5.74) is -0.930. The molecule has 0 bridgehead atoms. The van der Waals surface area contributed by atoms with Gasteiger partial charge in [0, 0.05) is 24.7 Å². The molecule has 1 aliphatic rings. The standard InChI is InChI=1S/C14H14F3N3O/c15-14(16,17)12-5-4-10(6-9(12)7-18)19-8-11-2-1-3-13(21)20-11/h4-6,11,19H,1-3,8H2,(H,20,21)/t11-/m1/s1. The van der Waals surface area contributed by atoms with Gasteiger partial charge in [-0.2, -0.15) is 18.4 Å². The topological polar surface area (TPSA) is 64.9 Å². The summed E-state index contributed by atoms with van der Waals surface area (Å²) in [7, 11) is 0. The van der Waals surface area contributed by atoms with E-state index in [9.17, 15) is 18.0 Å². The summed E-state index contributed by atoms with van der Waals surface area (Å²) in [6.07, 6.45) is -2.41. The zero-order valence-corrected chi connectivity index (χ0v) is 11.1. The fourth-order valence-electron chi connectivity index (χ4n) is 2.27. The molecule has 1 heterocycles. The Morgan fingerprint density at radius 3 is 2.81 bits per heavy atom. The van der Waals surface area contributed by atoms with Crippen LogP contribution >= 0.6 is 0 Å². The maximum Gasteiger partial charge on any atom is 0.417 e. The van der Waals surface area contributed by atoms with Gasteiger partial charge in [0.25, 0.3) is 0 Å². The first-order chi connectivity index (χ1) is 9.90. The number of nitrogens with zero attached hydrogens (tertiary/aromatic N) is 1. The van der Waals surface area contributed by atoms with Crippen LogP contribution in [0.5, 0.6) is 0 Å². The number of amides is 1. The van der Waals surface area contributed by atoms with Crippen LogP contribution in [0.4, 0.5) is 18.9 Å². The predicted molar refractivity (Wildman–Crippen MR) is 70.4 cm³/mol. The molecule has 1 fully saturated rings. The molecule has 0 aliphatic carbocycles. The van der Waals surface area contributed by atoms with E-state index in [4.69, 9.17) is 5.26 Å². The lowest BCUT2D eigenvalue weighted by Crippen LogP contribution is -2.42. The summed E-state index contributed by atoms with van der Waals surface area (Å²) in [5, 5.41) is 14.6. The van der Waals surface area contributed by atoms with Crippen LogP contribution in [0.15, 0.2) is 18.2 Å². The molecule has 1 aliphatic heterocycles. The number of anilines is 1. The average Bonchev–Trinajstić information content (AvgIpc) is 2.44. The van der Waals surface area contributed by atoms with Gasteiger partial charge in [0.2, 0.25) is 5.91 Å². The van der Waals surface area contributed by atoms with Gasteiger partial charge in [0.15, 0.2) is 0 Å². The Hall–Kier alpha value is -2.23. The number of hydrogen-bond donors (Lipinski definition) is 2. The van der Waals surface area contributed by atoms with Crippen LogP contribution in [-0.2, 0) is 11.0 Å². The van der Waals surface area contributed by atoms with Crippen molar-refractivity contribution in [1.29, 1.82) is 5.26 Å². The highest BCUT2D eigenvalue weighted by molar-refractivity contribution is 5.77. The molecule has 0 unspecified atom stereocenters. The Balaban J connectivity index is 2.05. The number of carbonyl (C=O) groups excluding carboxylic acids is 1.